The van der Waals surface area contributed by atoms with E-state index in [2.05, 4.69) is 18.4 Å². The van der Waals surface area contributed by atoms with E-state index in [-0.39, 0.29) is 5.54 Å². The van der Waals surface area contributed by atoms with Gasteiger partial charge in [0.25, 0.3) is 0 Å². The van der Waals surface area contributed by atoms with E-state index in [0.717, 1.165) is 6.42 Å². The van der Waals surface area contributed by atoms with E-state index in [4.69, 9.17) is 10.5 Å². The smallest absolute Gasteiger partial charge is 0.0684 e. The van der Waals surface area contributed by atoms with Gasteiger partial charge in [-0.05, 0) is 28.8 Å². The summed E-state index contributed by atoms with van der Waals surface area (Å²) in [5.74, 6) is 0. The molecule has 1 unspecified atom stereocenters. The fourth-order valence-corrected chi connectivity index (χ4v) is 1.96. The van der Waals surface area contributed by atoms with Gasteiger partial charge >= 0.3 is 0 Å². The number of methoxy groups -OCH3 is 1. The van der Waals surface area contributed by atoms with Crippen LogP contribution in [0.15, 0.2) is 16.8 Å². The van der Waals surface area contributed by atoms with Gasteiger partial charge in [0, 0.05) is 7.11 Å². The molecule has 1 rings (SSSR count). The fourth-order valence-electron chi connectivity index (χ4n) is 1.19. The Bertz CT molecular complexity index is 222. The van der Waals surface area contributed by atoms with Crippen LogP contribution < -0.4 is 5.73 Å². The zero-order valence-corrected chi connectivity index (χ0v) is 8.36. The van der Waals surface area contributed by atoms with Gasteiger partial charge in [0.05, 0.1) is 12.1 Å². The van der Waals surface area contributed by atoms with Crippen LogP contribution in [-0.2, 0) is 10.3 Å². The van der Waals surface area contributed by atoms with Crippen LogP contribution in [0, 0.1) is 0 Å². The van der Waals surface area contributed by atoms with Crippen molar-refractivity contribution >= 4 is 11.3 Å². The van der Waals surface area contributed by atoms with Gasteiger partial charge in [0.15, 0.2) is 0 Å². The number of thiophene rings is 1. The van der Waals surface area contributed by atoms with Gasteiger partial charge < -0.3 is 10.5 Å². The zero-order valence-electron chi connectivity index (χ0n) is 7.54. The number of nitrogens with two attached hydrogens (primary N) is 1. The van der Waals surface area contributed by atoms with Crippen LogP contribution in [0.4, 0.5) is 0 Å². The Balaban J connectivity index is 2.80. The van der Waals surface area contributed by atoms with Crippen LogP contribution in [0.3, 0.4) is 0 Å². The maximum absolute atomic E-state index is 6.16. The Hall–Kier alpha value is -0.380. The van der Waals surface area contributed by atoms with Crippen molar-refractivity contribution in [1.82, 2.24) is 0 Å². The highest BCUT2D eigenvalue weighted by Gasteiger charge is 2.25. The molecule has 12 heavy (non-hydrogen) atoms. The molecule has 0 bridgehead atoms. The molecule has 0 aliphatic rings. The number of hydrogen-bond acceptors (Lipinski definition) is 3. The fraction of sp³-hybridized carbons (Fsp3) is 0.556. The molecule has 0 radical (unpaired) electrons. The van der Waals surface area contributed by atoms with E-state index in [1.807, 2.05) is 5.38 Å². The first-order valence-corrected chi connectivity index (χ1v) is 4.97. The molecule has 1 aromatic rings. The van der Waals surface area contributed by atoms with E-state index in [1.54, 1.807) is 18.4 Å². The minimum atomic E-state index is -0.297. The quantitative estimate of drug-likeness (QED) is 0.778. The van der Waals surface area contributed by atoms with Gasteiger partial charge in [-0.15, -0.1) is 0 Å². The van der Waals surface area contributed by atoms with Crippen molar-refractivity contribution in [1.29, 1.82) is 0 Å². The van der Waals surface area contributed by atoms with Crippen LogP contribution in [0.5, 0.6) is 0 Å². The SMILES string of the molecule is CCC(N)(COC)c1ccsc1. The van der Waals surface area contributed by atoms with Gasteiger partial charge in [-0.2, -0.15) is 11.3 Å². The Morgan fingerprint density at radius 2 is 2.42 bits per heavy atom. The highest BCUT2D eigenvalue weighted by atomic mass is 32.1. The summed E-state index contributed by atoms with van der Waals surface area (Å²) in [4.78, 5) is 0. The van der Waals surface area contributed by atoms with Crippen molar-refractivity contribution < 1.29 is 4.74 Å². The summed E-state index contributed by atoms with van der Waals surface area (Å²) in [6.07, 6.45) is 0.900. The van der Waals surface area contributed by atoms with Crippen molar-refractivity contribution in [3.8, 4) is 0 Å². The number of hydrogen-bond donors (Lipinski definition) is 1. The van der Waals surface area contributed by atoms with E-state index >= 15 is 0 Å². The number of ether oxygens (including phenoxy) is 1. The average Bonchev–Trinajstić information content (AvgIpc) is 2.57. The summed E-state index contributed by atoms with van der Waals surface area (Å²) in [7, 11) is 1.68. The molecule has 0 aromatic carbocycles. The molecule has 2 nitrogen and oxygen atoms in total. The largest absolute Gasteiger partial charge is 0.382 e. The number of rotatable bonds is 4. The third kappa shape index (κ3) is 1.86. The van der Waals surface area contributed by atoms with Gasteiger partial charge in [0.2, 0.25) is 0 Å². The second-order valence-corrected chi connectivity index (χ2v) is 3.73. The summed E-state index contributed by atoms with van der Waals surface area (Å²) >= 11 is 1.67. The monoisotopic (exact) mass is 185 g/mol. The lowest BCUT2D eigenvalue weighted by Crippen LogP contribution is -2.40. The molecular formula is C9H15NOS. The molecule has 1 heterocycles. The van der Waals surface area contributed by atoms with Crippen molar-refractivity contribution in [2.75, 3.05) is 13.7 Å². The van der Waals surface area contributed by atoms with E-state index in [1.165, 1.54) is 5.56 Å². The van der Waals surface area contributed by atoms with Crippen molar-refractivity contribution in [2.45, 2.75) is 18.9 Å². The molecule has 0 saturated heterocycles. The third-order valence-corrected chi connectivity index (χ3v) is 2.81. The molecule has 1 aromatic heterocycles. The molecule has 0 aliphatic carbocycles. The van der Waals surface area contributed by atoms with E-state index in [9.17, 15) is 0 Å². The standard InChI is InChI=1S/C9H15NOS/c1-3-9(10,7-11-2)8-4-5-12-6-8/h4-6H,3,7,10H2,1-2H3. The molecule has 0 fully saturated rings. The molecule has 3 heteroatoms. The summed E-state index contributed by atoms with van der Waals surface area (Å²) in [6.45, 7) is 2.66. The molecule has 2 N–H and O–H groups in total. The predicted octanol–water partition coefficient (Wildman–Crippen LogP) is 1.96. The van der Waals surface area contributed by atoms with Crippen LogP contribution in [-0.4, -0.2) is 13.7 Å². The van der Waals surface area contributed by atoms with Crippen LogP contribution in [0.2, 0.25) is 0 Å². The van der Waals surface area contributed by atoms with Crippen LogP contribution in [0.1, 0.15) is 18.9 Å². The first-order valence-electron chi connectivity index (χ1n) is 4.03. The lowest BCUT2D eigenvalue weighted by molar-refractivity contribution is 0.129. The predicted molar refractivity (Wildman–Crippen MR) is 52.4 cm³/mol. The molecule has 0 saturated carbocycles. The Morgan fingerprint density at radius 1 is 1.67 bits per heavy atom. The maximum Gasteiger partial charge on any atom is 0.0684 e. The first kappa shape index (κ1) is 9.71. The van der Waals surface area contributed by atoms with E-state index < -0.39 is 0 Å². The lowest BCUT2D eigenvalue weighted by atomic mass is 9.92. The average molecular weight is 185 g/mol. The molecule has 1 atom stereocenters. The highest BCUT2D eigenvalue weighted by Crippen LogP contribution is 2.24. The molecule has 68 valence electrons. The normalized spacial score (nSPS) is 15.9. The minimum absolute atomic E-state index is 0.297. The minimum Gasteiger partial charge on any atom is -0.382 e. The van der Waals surface area contributed by atoms with Crippen molar-refractivity contribution in [3.05, 3.63) is 22.4 Å². The van der Waals surface area contributed by atoms with Crippen molar-refractivity contribution in [3.63, 3.8) is 0 Å². The molecule has 0 amide bonds. The Morgan fingerprint density at radius 3 is 2.83 bits per heavy atom. The second-order valence-electron chi connectivity index (χ2n) is 2.95. The topological polar surface area (TPSA) is 35.2 Å². The summed E-state index contributed by atoms with van der Waals surface area (Å²) in [5, 5.41) is 4.13. The summed E-state index contributed by atoms with van der Waals surface area (Å²) in [5.41, 5.74) is 7.04. The first-order chi connectivity index (χ1) is 5.73. The molecule has 0 spiro atoms. The Kier molecular flexibility index (Phi) is 3.26. The van der Waals surface area contributed by atoms with Gasteiger partial charge in [0.1, 0.15) is 0 Å². The van der Waals surface area contributed by atoms with Crippen LogP contribution in [0.25, 0.3) is 0 Å². The van der Waals surface area contributed by atoms with Gasteiger partial charge in [-0.3, -0.25) is 0 Å². The molecule has 0 aliphatic heterocycles. The lowest BCUT2D eigenvalue weighted by Gasteiger charge is -2.26. The maximum atomic E-state index is 6.16. The van der Waals surface area contributed by atoms with Gasteiger partial charge in [-0.25, -0.2) is 0 Å². The van der Waals surface area contributed by atoms with E-state index in [0.29, 0.717) is 6.61 Å². The van der Waals surface area contributed by atoms with Crippen LogP contribution >= 0.6 is 11.3 Å². The molecular weight excluding hydrogens is 170 g/mol. The van der Waals surface area contributed by atoms with Gasteiger partial charge in [-0.1, -0.05) is 6.92 Å². The third-order valence-electron chi connectivity index (χ3n) is 2.13. The highest BCUT2D eigenvalue weighted by molar-refractivity contribution is 7.08. The Labute approximate surface area is 77.3 Å². The summed E-state index contributed by atoms with van der Waals surface area (Å²) < 4.78 is 5.10. The zero-order chi connectivity index (χ0) is 9.03. The second kappa shape index (κ2) is 4.03. The summed E-state index contributed by atoms with van der Waals surface area (Å²) in [6, 6.07) is 2.06. The van der Waals surface area contributed by atoms with Crippen molar-refractivity contribution in [2.24, 2.45) is 5.73 Å².